The number of phosphoric acid groups is 1. The van der Waals surface area contributed by atoms with E-state index in [0.29, 0.717) is 6.42 Å². The fraction of sp³-hybridized carbons (Fsp3) is 0.797. The van der Waals surface area contributed by atoms with Gasteiger partial charge in [-0.3, -0.25) is 18.6 Å². The first-order chi connectivity index (χ1) is 38.8. The van der Waals surface area contributed by atoms with Crippen LogP contribution in [-0.4, -0.2) is 49.3 Å². The summed E-state index contributed by atoms with van der Waals surface area (Å²) in [6.45, 7) is 3.67. The normalized spacial score (nSPS) is 13.4. The smallest absolute Gasteiger partial charge is 0.462 e. The molecule has 10 heteroatoms. The third kappa shape index (κ3) is 64.5. The second-order valence-corrected chi connectivity index (χ2v) is 23.8. The molecule has 0 amide bonds. The highest BCUT2D eigenvalue weighted by molar-refractivity contribution is 7.47. The summed E-state index contributed by atoms with van der Waals surface area (Å²) in [4.78, 5) is 35.3. The van der Waals surface area contributed by atoms with Crippen molar-refractivity contribution in [2.75, 3.05) is 26.4 Å². The molecule has 3 N–H and O–H groups in total. The van der Waals surface area contributed by atoms with E-state index in [1.54, 1.807) is 0 Å². The molecular weight excluding hydrogens is 1000 g/mol. The van der Waals surface area contributed by atoms with Crippen LogP contribution in [-0.2, 0) is 32.7 Å². The molecule has 0 aromatic rings. The van der Waals surface area contributed by atoms with Crippen LogP contribution in [0.2, 0.25) is 0 Å². The van der Waals surface area contributed by atoms with Gasteiger partial charge in [-0.25, -0.2) is 4.57 Å². The average Bonchev–Trinajstić information content (AvgIpc) is 3.44. The Morgan fingerprint density at radius 2 is 0.696 bits per heavy atom. The maximum absolute atomic E-state index is 12.7. The van der Waals surface area contributed by atoms with Crippen LogP contribution in [0.25, 0.3) is 0 Å². The number of phosphoric ester groups is 1. The molecule has 0 bridgehead atoms. The largest absolute Gasteiger partial charge is 0.472 e. The summed E-state index contributed by atoms with van der Waals surface area (Å²) in [6, 6.07) is 0. The molecule has 0 aliphatic rings. The number of esters is 2. The Hall–Kier alpha value is -2.55. The zero-order chi connectivity index (χ0) is 57.3. The molecule has 0 fully saturated rings. The fourth-order valence-electron chi connectivity index (χ4n) is 9.66. The zero-order valence-electron chi connectivity index (χ0n) is 51.6. The summed E-state index contributed by atoms with van der Waals surface area (Å²) in [5.74, 6) is -0.820. The molecule has 0 rings (SSSR count). The van der Waals surface area contributed by atoms with Crippen LogP contribution in [0.4, 0.5) is 0 Å². The standard InChI is InChI=1S/C69H126NO8P/c1-3-5-7-9-11-13-15-17-19-21-23-25-27-29-31-32-33-34-36-37-39-41-43-45-47-49-51-53-55-57-59-61-68(71)75-65-67(66-77-79(73,74)76-64-63-70)78-69(72)62-60-58-56-54-52-50-48-46-44-42-40-38-35-30-28-26-24-22-20-18-16-14-12-10-8-6-4-2/h6,8,12,14,18,20-21,23-24,26,30,35,67H,3-5,7,9-11,13,15-17,19,22,25,27-29,31-34,36-66,70H2,1-2H3,(H,73,74)/b8-6-,14-12-,20-18-,23-21-,26-24-,35-30-. The van der Waals surface area contributed by atoms with Crippen LogP contribution in [0, 0.1) is 0 Å². The molecule has 0 aromatic carbocycles. The topological polar surface area (TPSA) is 134 Å². The number of rotatable bonds is 63. The van der Waals surface area contributed by atoms with Gasteiger partial charge in [-0.15, -0.1) is 0 Å². The van der Waals surface area contributed by atoms with Crippen molar-refractivity contribution >= 4 is 19.8 Å². The minimum absolute atomic E-state index is 0.0518. The molecule has 0 radical (unpaired) electrons. The summed E-state index contributed by atoms with van der Waals surface area (Å²) in [5.41, 5.74) is 5.40. The Bertz CT molecular complexity index is 1520. The van der Waals surface area contributed by atoms with E-state index in [1.165, 1.54) is 212 Å². The highest BCUT2D eigenvalue weighted by Gasteiger charge is 2.26. The van der Waals surface area contributed by atoms with E-state index in [2.05, 4.69) is 86.8 Å². The van der Waals surface area contributed by atoms with E-state index in [1.807, 2.05) is 0 Å². The van der Waals surface area contributed by atoms with Gasteiger partial charge in [0.25, 0.3) is 0 Å². The lowest BCUT2D eigenvalue weighted by atomic mass is 10.0. The minimum Gasteiger partial charge on any atom is -0.462 e. The Balaban J connectivity index is 3.88. The van der Waals surface area contributed by atoms with Crippen LogP contribution in [0.15, 0.2) is 72.9 Å². The van der Waals surface area contributed by atoms with Crippen molar-refractivity contribution in [3.05, 3.63) is 72.9 Å². The van der Waals surface area contributed by atoms with Crippen molar-refractivity contribution in [3.8, 4) is 0 Å². The lowest BCUT2D eigenvalue weighted by Gasteiger charge is -2.19. The number of ether oxygens (including phenoxy) is 2. The van der Waals surface area contributed by atoms with Gasteiger partial charge >= 0.3 is 19.8 Å². The lowest BCUT2D eigenvalue weighted by Crippen LogP contribution is -2.29. The molecule has 9 nitrogen and oxygen atoms in total. The second-order valence-electron chi connectivity index (χ2n) is 22.3. The molecule has 0 aromatic heterocycles. The first-order valence-corrected chi connectivity index (χ1v) is 34.9. The van der Waals surface area contributed by atoms with E-state index < -0.39 is 26.5 Å². The third-order valence-corrected chi connectivity index (χ3v) is 15.6. The highest BCUT2D eigenvalue weighted by atomic mass is 31.2. The summed E-state index contributed by atoms with van der Waals surface area (Å²) < 4.78 is 33.2. The molecule has 0 spiro atoms. The predicted molar refractivity (Wildman–Crippen MR) is 339 cm³/mol. The molecule has 0 heterocycles. The number of hydrogen-bond acceptors (Lipinski definition) is 8. The summed E-state index contributed by atoms with van der Waals surface area (Å²) in [5, 5.41) is 0. The van der Waals surface area contributed by atoms with Crippen molar-refractivity contribution < 1.29 is 37.6 Å². The summed E-state index contributed by atoms with van der Waals surface area (Å²) >= 11 is 0. The van der Waals surface area contributed by atoms with Gasteiger partial charge in [0.1, 0.15) is 6.61 Å². The number of unbranched alkanes of at least 4 members (excludes halogenated alkanes) is 38. The number of hydrogen-bond donors (Lipinski definition) is 2. The Labute approximate surface area is 488 Å². The van der Waals surface area contributed by atoms with Crippen LogP contribution < -0.4 is 5.73 Å². The summed E-state index contributed by atoms with van der Waals surface area (Å²) in [6.07, 6.45) is 84.1. The number of carbonyl (C=O) groups excluding carboxylic acids is 2. The number of nitrogens with two attached hydrogens (primary N) is 1. The van der Waals surface area contributed by atoms with Gasteiger partial charge < -0.3 is 20.1 Å². The quantitative estimate of drug-likeness (QED) is 0.0264. The van der Waals surface area contributed by atoms with Gasteiger partial charge in [-0.2, -0.15) is 0 Å². The maximum Gasteiger partial charge on any atom is 0.472 e. The Morgan fingerprint density at radius 1 is 0.392 bits per heavy atom. The van der Waals surface area contributed by atoms with E-state index in [0.717, 1.165) is 77.0 Å². The molecule has 0 saturated heterocycles. The van der Waals surface area contributed by atoms with E-state index >= 15 is 0 Å². The van der Waals surface area contributed by atoms with Crippen LogP contribution in [0.1, 0.15) is 322 Å². The van der Waals surface area contributed by atoms with Gasteiger partial charge in [-0.1, -0.05) is 299 Å². The second kappa shape index (κ2) is 64.6. The van der Waals surface area contributed by atoms with E-state index in [4.69, 9.17) is 24.3 Å². The monoisotopic (exact) mass is 1130 g/mol. The molecule has 0 aliphatic heterocycles. The minimum atomic E-state index is -4.39. The number of allylic oxidation sites excluding steroid dienone is 12. The van der Waals surface area contributed by atoms with Crippen LogP contribution in [0.3, 0.4) is 0 Å². The van der Waals surface area contributed by atoms with Gasteiger partial charge in [0.05, 0.1) is 13.2 Å². The molecule has 2 atom stereocenters. The van der Waals surface area contributed by atoms with Crippen LogP contribution in [0.5, 0.6) is 0 Å². The summed E-state index contributed by atoms with van der Waals surface area (Å²) in [7, 11) is -4.39. The molecule has 79 heavy (non-hydrogen) atoms. The highest BCUT2D eigenvalue weighted by Crippen LogP contribution is 2.43. The molecule has 460 valence electrons. The van der Waals surface area contributed by atoms with E-state index in [-0.39, 0.29) is 38.6 Å². The van der Waals surface area contributed by atoms with Crippen molar-refractivity contribution in [3.63, 3.8) is 0 Å². The van der Waals surface area contributed by atoms with Crippen molar-refractivity contribution in [2.24, 2.45) is 5.73 Å². The van der Waals surface area contributed by atoms with Gasteiger partial charge in [0.15, 0.2) is 6.10 Å². The Morgan fingerprint density at radius 3 is 1.05 bits per heavy atom. The van der Waals surface area contributed by atoms with Gasteiger partial charge in [0.2, 0.25) is 0 Å². The lowest BCUT2D eigenvalue weighted by molar-refractivity contribution is -0.161. The zero-order valence-corrected chi connectivity index (χ0v) is 52.5. The molecular formula is C69H126NO8P. The molecule has 2 unspecified atom stereocenters. The maximum atomic E-state index is 12.7. The number of carbonyl (C=O) groups is 2. The van der Waals surface area contributed by atoms with Crippen molar-refractivity contribution in [1.29, 1.82) is 0 Å². The third-order valence-electron chi connectivity index (χ3n) is 14.6. The fourth-order valence-corrected chi connectivity index (χ4v) is 10.4. The van der Waals surface area contributed by atoms with Gasteiger partial charge in [0, 0.05) is 19.4 Å². The van der Waals surface area contributed by atoms with Gasteiger partial charge in [-0.05, 0) is 83.5 Å². The molecule has 0 saturated carbocycles. The first-order valence-electron chi connectivity index (χ1n) is 33.4. The van der Waals surface area contributed by atoms with E-state index in [9.17, 15) is 19.0 Å². The average molecular weight is 1130 g/mol. The van der Waals surface area contributed by atoms with Crippen molar-refractivity contribution in [2.45, 2.75) is 328 Å². The SMILES string of the molecule is CC/C=C\C/C=C\C/C=C\C/C=C\C/C=C\CCCCCCCCCCCCCC(=O)OC(COC(=O)CCCCCCCCCCCCCCCCCCCCC/C=C\CCCCCCCCCC)COP(=O)(O)OCCN. The Kier molecular flexibility index (Phi) is 62.5. The van der Waals surface area contributed by atoms with Crippen LogP contribution >= 0.6 is 7.82 Å². The van der Waals surface area contributed by atoms with Crippen molar-refractivity contribution in [1.82, 2.24) is 0 Å². The predicted octanol–water partition coefficient (Wildman–Crippen LogP) is 21.6. The first kappa shape index (κ1) is 76.5. The molecule has 0 aliphatic carbocycles.